The van der Waals surface area contributed by atoms with Gasteiger partial charge < -0.3 is 10.1 Å². The molecule has 1 fully saturated rings. The second kappa shape index (κ2) is 5.64. The molecule has 0 spiro atoms. The van der Waals surface area contributed by atoms with Crippen molar-refractivity contribution in [2.45, 2.75) is 38.0 Å². The van der Waals surface area contributed by atoms with E-state index in [1.54, 1.807) is 0 Å². The highest BCUT2D eigenvalue weighted by Crippen LogP contribution is 2.33. The van der Waals surface area contributed by atoms with Crippen LogP contribution < -0.4 is 5.32 Å². The topological polar surface area (TPSA) is 38.3 Å². The number of fused-ring (bicyclic) bond motifs is 1. The lowest BCUT2D eigenvalue weighted by Crippen LogP contribution is -2.25. The van der Waals surface area contributed by atoms with Gasteiger partial charge in [0.1, 0.15) is 0 Å². The number of hydrogen-bond acceptors (Lipinski definition) is 3. The highest BCUT2D eigenvalue weighted by molar-refractivity contribution is 5.81. The summed E-state index contributed by atoms with van der Waals surface area (Å²) in [5.41, 5.74) is 2.16. The Morgan fingerprint density at radius 3 is 2.89 bits per heavy atom. The fraction of sp³-hybridized carbons (Fsp3) is 0.562. The lowest BCUT2D eigenvalue weighted by atomic mass is 9.83. The molecule has 2 aliphatic rings. The lowest BCUT2D eigenvalue weighted by molar-refractivity contribution is -0.146. The first-order valence-corrected chi connectivity index (χ1v) is 7.34. The van der Waals surface area contributed by atoms with E-state index in [9.17, 15) is 4.79 Å². The molecule has 3 rings (SSSR count). The molecule has 1 N–H and O–H groups in total. The monoisotopic (exact) mass is 259 g/mol. The van der Waals surface area contributed by atoms with Crippen LogP contribution in [0.1, 0.15) is 43.6 Å². The first kappa shape index (κ1) is 12.5. The molecule has 19 heavy (non-hydrogen) atoms. The normalized spacial score (nSPS) is 22.0. The lowest BCUT2D eigenvalue weighted by Gasteiger charge is -2.27. The molecule has 102 valence electrons. The van der Waals surface area contributed by atoms with E-state index in [0.29, 0.717) is 6.61 Å². The molecular formula is C16H21NO2. The zero-order valence-corrected chi connectivity index (χ0v) is 11.2. The number of benzene rings is 1. The Labute approximate surface area is 114 Å². The molecule has 1 aromatic rings. The minimum atomic E-state index is -0.0844. The molecule has 0 aromatic heterocycles. The van der Waals surface area contributed by atoms with Crippen LogP contribution in [0.3, 0.4) is 0 Å². The van der Waals surface area contributed by atoms with Crippen LogP contribution in [0.15, 0.2) is 24.3 Å². The summed E-state index contributed by atoms with van der Waals surface area (Å²) in [6, 6.07) is 8.04. The van der Waals surface area contributed by atoms with Crippen molar-refractivity contribution >= 4 is 11.7 Å². The third-order valence-corrected chi connectivity index (χ3v) is 4.36. The predicted molar refractivity (Wildman–Crippen MR) is 75.2 cm³/mol. The number of carbonyl (C=O) groups is 1. The minimum Gasteiger partial charge on any atom is -0.465 e. The molecule has 1 aromatic carbocycles. The average Bonchev–Trinajstić information content (AvgIpc) is 2.40. The summed E-state index contributed by atoms with van der Waals surface area (Å²) in [5.74, 6) is 0.667. The third-order valence-electron chi connectivity index (χ3n) is 4.36. The Morgan fingerprint density at radius 1 is 1.26 bits per heavy atom. The van der Waals surface area contributed by atoms with Gasteiger partial charge in [0.05, 0.1) is 12.5 Å². The van der Waals surface area contributed by atoms with Crippen molar-refractivity contribution in [2.75, 3.05) is 18.5 Å². The zero-order chi connectivity index (χ0) is 13.1. The molecule has 0 saturated heterocycles. The molecule has 1 heterocycles. The number of esters is 1. The van der Waals surface area contributed by atoms with Gasteiger partial charge in [0, 0.05) is 12.2 Å². The Kier molecular flexibility index (Phi) is 3.72. The van der Waals surface area contributed by atoms with Crippen LogP contribution in [-0.2, 0) is 9.53 Å². The Bertz CT molecular complexity index is 454. The zero-order valence-electron chi connectivity index (χ0n) is 11.2. The van der Waals surface area contributed by atoms with Gasteiger partial charge in [0.15, 0.2) is 0 Å². The van der Waals surface area contributed by atoms with Crippen LogP contribution >= 0.6 is 0 Å². The summed E-state index contributed by atoms with van der Waals surface area (Å²) < 4.78 is 5.48. The van der Waals surface area contributed by atoms with E-state index < -0.39 is 0 Å². The number of nitrogens with one attached hydrogen (secondary N) is 1. The maximum Gasteiger partial charge on any atom is 0.313 e. The van der Waals surface area contributed by atoms with Crippen LogP contribution in [0.2, 0.25) is 0 Å². The molecule has 1 aliphatic heterocycles. The van der Waals surface area contributed by atoms with Gasteiger partial charge >= 0.3 is 5.97 Å². The van der Waals surface area contributed by atoms with Gasteiger partial charge in [-0.1, -0.05) is 37.5 Å². The SMILES string of the molecule is O=C(OCCC1CCC1)C1CCNc2ccccc21. The average molecular weight is 259 g/mol. The molecule has 1 atom stereocenters. The Hall–Kier alpha value is -1.51. The summed E-state index contributed by atoms with van der Waals surface area (Å²) in [6.45, 7) is 1.44. The summed E-state index contributed by atoms with van der Waals surface area (Å²) in [6.07, 6.45) is 5.85. The van der Waals surface area contributed by atoms with E-state index in [2.05, 4.69) is 5.32 Å². The van der Waals surface area contributed by atoms with Crippen molar-refractivity contribution < 1.29 is 9.53 Å². The molecule has 0 amide bonds. The highest BCUT2D eigenvalue weighted by Gasteiger charge is 2.27. The fourth-order valence-corrected chi connectivity index (χ4v) is 2.92. The van der Waals surface area contributed by atoms with E-state index >= 15 is 0 Å². The van der Waals surface area contributed by atoms with Gasteiger partial charge in [-0.05, 0) is 30.4 Å². The number of ether oxygens (including phenoxy) is 1. The Morgan fingerprint density at radius 2 is 2.11 bits per heavy atom. The van der Waals surface area contributed by atoms with Crippen molar-refractivity contribution in [1.82, 2.24) is 0 Å². The van der Waals surface area contributed by atoms with Crippen LogP contribution in [0.5, 0.6) is 0 Å². The van der Waals surface area contributed by atoms with E-state index in [4.69, 9.17) is 4.74 Å². The summed E-state index contributed by atoms with van der Waals surface area (Å²) in [5, 5.41) is 3.33. The molecule has 0 bridgehead atoms. The number of rotatable bonds is 4. The van der Waals surface area contributed by atoms with Gasteiger partial charge in [-0.3, -0.25) is 4.79 Å². The number of carbonyl (C=O) groups excluding carboxylic acids is 1. The fourth-order valence-electron chi connectivity index (χ4n) is 2.92. The largest absolute Gasteiger partial charge is 0.465 e. The second-order valence-corrected chi connectivity index (χ2v) is 5.61. The first-order valence-electron chi connectivity index (χ1n) is 7.34. The van der Waals surface area contributed by atoms with E-state index in [1.807, 2.05) is 24.3 Å². The smallest absolute Gasteiger partial charge is 0.313 e. The molecule has 3 heteroatoms. The number of hydrogen-bond donors (Lipinski definition) is 1. The van der Waals surface area contributed by atoms with E-state index in [0.717, 1.165) is 36.6 Å². The summed E-state index contributed by atoms with van der Waals surface area (Å²) >= 11 is 0. The first-order chi connectivity index (χ1) is 9.34. The van der Waals surface area contributed by atoms with E-state index in [-0.39, 0.29) is 11.9 Å². The van der Waals surface area contributed by atoms with E-state index in [1.165, 1.54) is 19.3 Å². The predicted octanol–water partition coefficient (Wildman–Crippen LogP) is 3.32. The van der Waals surface area contributed by atoms with Crippen molar-refractivity contribution in [3.05, 3.63) is 29.8 Å². The van der Waals surface area contributed by atoms with Gasteiger partial charge in [-0.15, -0.1) is 0 Å². The quantitative estimate of drug-likeness (QED) is 0.843. The molecular weight excluding hydrogens is 238 g/mol. The van der Waals surface area contributed by atoms with Gasteiger partial charge in [-0.2, -0.15) is 0 Å². The van der Waals surface area contributed by atoms with Crippen LogP contribution in [-0.4, -0.2) is 19.1 Å². The van der Waals surface area contributed by atoms with Crippen LogP contribution in [0.4, 0.5) is 5.69 Å². The summed E-state index contributed by atoms with van der Waals surface area (Å²) in [4.78, 5) is 12.2. The second-order valence-electron chi connectivity index (χ2n) is 5.61. The maximum atomic E-state index is 12.2. The van der Waals surface area contributed by atoms with Crippen molar-refractivity contribution in [3.63, 3.8) is 0 Å². The van der Waals surface area contributed by atoms with Gasteiger partial charge in [-0.25, -0.2) is 0 Å². The van der Waals surface area contributed by atoms with Crippen molar-refractivity contribution in [1.29, 1.82) is 0 Å². The number of para-hydroxylation sites is 1. The van der Waals surface area contributed by atoms with Gasteiger partial charge in [0.2, 0.25) is 0 Å². The standard InChI is InChI=1S/C16H21NO2/c18-16(19-11-9-12-4-3-5-12)14-8-10-17-15-7-2-1-6-13(14)15/h1-2,6-7,12,14,17H,3-5,8-11H2. The van der Waals surface area contributed by atoms with Crippen molar-refractivity contribution in [3.8, 4) is 0 Å². The van der Waals surface area contributed by atoms with Crippen LogP contribution in [0, 0.1) is 5.92 Å². The number of anilines is 1. The molecule has 1 unspecified atom stereocenters. The van der Waals surface area contributed by atoms with Crippen molar-refractivity contribution in [2.24, 2.45) is 5.92 Å². The van der Waals surface area contributed by atoms with Crippen LogP contribution in [0.25, 0.3) is 0 Å². The highest BCUT2D eigenvalue weighted by atomic mass is 16.5. The molecule has 1 saturated carbocycles. The summed E-state index contributed by atoms with van der Waals surface area (Å²) in [7, 11) is 0. The molecule has 0 radical (unpaired) electrons. The minimum absolute atomic E-state index is 0.0479. The Balaban J connectivity index is 1.57. The molecule has 1 aliphatic carbocycles. The maximum absolute atomic E-state index is 12.2. The third kappa shape index (κ3) is 2.75. The molecule has 3 nitrogen and oxygen atoms in total. The van der Waals surface area contributed by atoms with Gasteiger partial charge in [0.25, 0.3) is 0 Å².